The molecule has 0 unspecified atom stereocenters. The van der Waals surface area contributed by atoms with E-state index in [0.717, 1.165) is 15.6 Å². The summed E-state index contributed by atoms with van der Waals surface area (Å²) in [5.74, 6) is 1.34. The van der Waals surface area contributed by atoms with E-state index in [2.05, 4.69) is 21.0 Å². The molecule has 6 nitrogen and oxygen atoms in total. The zero-order valence-corrected chi connectivity index (χ0v) is 15.7. The van der Waals surface area contributed by atoms with Crippen LogP contribution in [-0.2, 0) is 10.0 Å². The van der Waals surface area contributed by atoms with Crippen molar-refractivity contribution < 1.29 is 17.9 Å². The SMILES string of the molecule is CS(=O)(=O)N1N=C(c2ccc3c(c2)OCO3)C[C@H]1c1ccc(Br)cc1. The molecule has 2 aliphatic heterocycles. The first kappa shape index (κ1) is 16.4. The number of halogens is 1. The molecule has 0 saturated heterocycles. The number of fused-ring (bicyclic) bond motifs is 1. The average Bonchev–Trinajstić information content (AvgIpc) is 3.21. The normalized spacial score (nSPS) is 19.2. The molecule has 2 aromatic carbocycles. The minimum atomic E-state index is -3.48. The lowest BCUT2D eigenvalue weighted by molar-refractivity contribution is 0.174. The molecule has 130 valence electrons. The predicted octanol–water partition coefficient (Wildman–Crippen LogP) is 3.29. The molecule has 0 aromatic heterocycles. The Hall–Kier alpha value is -2.06. The molecule has 4 rings (SSSR count). The van der Waals surface area contributed by atoms with Crippen LogP contribution < -0.4 is 9.47 Å². The molecule has 0 aliphatic carbocycles. The number of ether oxygens (including phenoxy) is 2. The van der Waals surface area contributed by atoms with E-state index >= 15 is 0 Å². The minimum Gasteiger partial charge on any atom is -0.454 e. The molecule has 0 radical (unpaired) electrons. The van der Waals surface area contributed by atoms with E-state index in [1.165, 1.54) is 10.7 Å². The average molecular weight is 423 g/mol. The Bertz CT molecular complexity index is 957. The maximum Gasteiger partial charge on any atom is 0.247 e. The van der Waals surface area contributed by atoms with Crippen LogP contribution >= 0.6 is 15.9 Å². The van der Waals surface area contributed by atoms with Crippen molar-refractivity contribution in [3.63, 3.8) is 0 Å². The summed E-state index contributed by atoms with van der Waals surface area (Å²) in [7, 11) is -3.48. The second kappa shape index (κ2) is 6.03. The smallest absolute Gasteiger partial charge is 0.247 e. The summed E-state index contributed by atoms with van der Waals surface area (Å²) in [6, 6.07) is 12.8. The first-order valence-electron chi connectivity index (χ1n) is 7.64. The van der Waals surface area contributed by atoms with Crippen molar-refractivity contribution in [2.24, 2.45) is 5.10 Å². The van der Waals surface area contributed by atoms with E-state index in [0.29, 0.717) is 23.6 Å². The van der Waals surface area contributed by atoms with E-state index in [1.54, 1.807) is 0 Å². The van der Waals surface area contributed by atoms with Crippen LogP contribution in [0.25, 0.3) is 0 Å². The molecule has 0 amide bonds. The first-order valence-corrected chi connectivity index (χ1v) is 10.3. The van der Waals surface area contributed by atoms with Crippen LogP contribution in [0.4, 0.5) is 0 Å². The molecule has 1 atom stereocenters. The number of sulfonamides is 1. The lowest BCUT2D eigenvalue weighted by Gasteiger charge is -2.21. The number of hydrogen-bond acceptors (Lipinski definition) is 5. The van der Waals surface area contributed by atoms with Crippen LogP contribution in [0.2, 0.25) is 0 Å². The summed E-state index contributed by atoms with van der Waals surface area (Å²) in [5, 5.41) is 4.39. The molecule has 0 bridgehead atoms. The van der Waals surface area contributed by atoms with E-state index in [9.17, 15) is 8.42 Å². The number of benzene rings is 2. The van der Waals surface area contributed by atoms with Gasteiger partial charge in [0.15, 0.2) is 11.5 Å². The fourth-order valence-electron chi connectivity index (χ4n) is 2.98. The van der Waals surface area contributed by atoms with Gasteiger partial charge in [0, 0.05) is 16.5 Å². The van der Waals surface area contributed by atoms with Crippen LogP contribution in [0, 0.1) is 0 Å². The monoisotopic (exact) mass is 422 g/mol. The molecule has 25 heavy (non-hydrogen) atoms. The van der Waals surface area contributed by atoms with E-state index < -0.39 is 10.0 Å². The summed E-state index contributed by atoms with van der Waals surface area (Å²) in [6.07, 6.45) is 1.67. The van der Waals surface area contributed by atoms with Gasteiger partial charge in [-0.3, -0.25) is 0 Å². The fraction of sp³-hybridized carbons (Fsp3) is 0.235. The third kappa shape index (κ3) is 3.11. The van der Waals surface area contributed by atoms with Gasteiger partial charge in [0.25, 0.3) is 0 Å². The highest BCUT2D eigenvalue weighted by molar-refractivity contribution is 9.10. The van der Waals surface area contributed by atoms with Crippen molar-refractivity contribution in [2.75, 3.05) is 13.0 Å². The number of nitrogens with zero attached hydrogens (tertiary/aromatic N) is 2. The molecule has 0 fully saturated rings. The van der Waals surface area contributed by atoms with E-state index in [4.69, 9.17) is 9.47 Å². The third-order valence-corrected chi connectivity index (χ3v) is 5.72. The molecule has 8 heteroatoms. The minimum absolute atomic E-state index is 0.197. The second-order valence-electron chi connectivity index (χ2n) is 5.92. The van der Waals surface area contributed by atoms with Crippen molar-refractivity contribution in [2.45, 2.75) is 12.5 Å². The predicted molar refractivity (Wildman–Crippen MR) is 97.3 cm³/mol. The Morgan fingerprint density at radius 1 is 1.12 bits per heavy atom. The summed E-state index contributed by atoms with van der Waals surface area (Å²) < 4.78 is 37.3. The first-order chi connectivity index (χ1) is 11.9. The van der Waals surface area contributed by atoms with Crippen LogP contribution in [0.5, 0.6) is 11.5 Å². The zero-order valence-electron chi connectivity index (χ0n) is 13.3. The van der Waals surface area contributed by atoms with Crippen LogP contribution in [0.15, 0.2) is 52.0 Å². The Morgan fingerprint density at radius 2 is 1.84 bits per heavy atom. The Morgan fingerprint density at radius 3 is 2.56 bits per heavy atom. The zero-order chi connectivity index (χ0) is 17.6. The van der Waals surface area contributed by atoms with Crippen molar-refractivity contribution in [3.8, 4) is 11.5 Å². The fourth-order valence-corrected chi connectivity index (χ4v) is 4.15. The topological polar surface area (TPSA) is 68.2 Å². The highest BCUT2D eigenvalue weighted by Gasteiger charge is 2.34. The van der Waals surface area contributed by atoms with Gasteiger partial charge < -0.3 is 9.47 Å². The Labute approximate surface area is 154 Å². The maximum atomic E-state index is 12.2. The standard InChI is InChI=1S/C17H15BrN2O4S/c1-25(21,22)20-15(11-2-5-13(18)6-3-11)9-14(19-20)12-4-7-16-17(8-12)24-10-23-16/h2-8,15H,9-10H2,1H3/t15-/m0/s1. The van der Waals surface area contributed by atoms with Gasteiger partial charge in [-0.05, 0) is 35.9 Å². The van der Waals surface area contributed by atoms with E-state index in [1.807, 2.05) is 42.5 Å². The molecule has 2 heterocycles. The van der Waals surface area contributed by atoms with Gasteiger partial charge in [-0.25, -0.2) is 8.42 Å². The molecule has 2 aliphatic rings. The number of rotatable bonds is 3. The van der Waals surface area contributed by atoms with E-state index in [-0.39, 0.29) is 12.8 Å². The van der Waals surface area contributed by atoms with Gasteiger partial charge in [-0.15, -0.1) is 0 Å². The summed E-state index contributed by atoms with van der Waals surface area (Å²) in [4.78, 5) is 0. The molecule has 0 N–H and O–H groups in total. The molecule has 2 aromatic rings. The van der Waals surface area contributed by atoms with Gasteiger partial charge in [-0.1, -0.05) is 28.1 Å². The largest absolute Gasteiger partial charge is 0.454 e. The van der Waals surface area contributed by atoms with Gasteiger partial charge in [0.1, 0.15) is 0 Å². The van der Waals surface area contributed by atoms with Crippen molar-refractivity contribution >= 4 is 31.7 Å². The van der Waals surface area contributed by atoms with Crippen molar-refractivity contribution in [1.82, 2.24) is 4.41 Å². The van der Waals surface area contributed by atoms with Gasteiger partial charge in [0.05, 0.1) is 18.0 Å². The maximum absolute atomic E-state index is 12.2. The lowest BCUT2D eigenvalue weighted by Crippen LogP contribution is -2.25. The Balaban J connectivity index is 1.71. The molecular formula is C17H15BrN2O4S. The third-order valence-electron chi connectivity index (χ3n) is 4.17. The quantitative estimate of drug-likeness (QED) is 0.760. The molecule has 0 saturated carbocycles. The molecular weight excluding hydrogens is 408 g/mol. The van der Waals surface area contributed by atoms with Gasteiger partial charge in [-0.2, -0.15) is 9.52 Å². The lowest BCUT2D eigenvalue weighted by atomic mass is 9.99. The highest BCUT2D eigenvalue weighted by atomic mass is 79.9. The number of hydrogen-bond donors (Lipinski definition) is 0. The van der Waals surface area contributed by atoms with Gasteiger partial charge in [0.2, 0.25) is 16.8 Å². The van der Waals surface area contributed by atoms with Crippen LogP contribution in [0.1, 0.15) is 23.6 Å². The van der Waals surface area contributed by atoms with Gasteiger partial charge >= 0.3 is 0 Å². The summed E-state index contributed by atoms with van der Waals surface area (Å²) in [5.41, 5.74) is 2.43. The highest BCUT2D eigenvalue weighted by Crippen LogP contribution is 2.38. The van der Waals surface area contributed by atoms with Crippen LogP contribution in [0.3, 0.4) is 0 Å². The molecule has 0 spiro atoms. The van der Waals surface area contributed by atoms with Crippen LogP contribution in [-0.4, -0.2) is 31.6 Å². The Kier molecular flexibility index (Phi) is 3.96. The van der Waals surface area contributed by atoms with Crippen molar-refractivity contribution in [1.29, 1.82) is 0 Å². The summed E-state index contributed by atoms with van der Waals surface area (Å²) in [6.45, 7) is 0.197. The second-order valence-corrected chi connectivity index (χ2v) is 8.68. The van der Waals surface area contributed by atoms with Crippen molar-refractivity contribution in [3.05, 3.63) is 58.1 Å². The summed E-state index contributed by atoms with van der Waals surface area (Å²) >= 11 is 3.40. The number of hydrazone groups is 1.